The number of hydrogen-bond acceptors (Lipinski definition) is 1. The molecular formula is C14H17BF4OS. The van der Waals surface area contributed by atoms with Crippen molar-refractivity contribution < 1.29 is 22.1 Å². The fourth-order valence-electron chi connectivity index (χ4n) is 1.41. The summed E-state index contributed by atoms with van der Waals surface area (Å²) in [6.45, 7) is 7.45. The van der Waals surface area contributed by atoms with Crippen molar-refractivity contribution in [3.63, 3.8) is 0 Å². The standard InChI is InChI=1S/C14H17OS.BF4/c1-3-10-16(11-4-2)12-14(15)13-8-6-5-7-9-13;2-1(3,4)5/h3-9H,1-2,10-12H2;/q+1;-1. The molecule has 0 N–H and O–H groups in total. The van der Waals surface area contributed by atoms with Crippen LogP contribution in [0.2, 0.25) is 0 Å². The third-order valence-corrected chi connectivity index (χ3v) is 4.22. The van der Waals surface area contributed by atoms with Gasteiger partial charge in [-0.05, 0) is 12.2 Å². The van der Waals surface area contributed by atoms with Crippen LogP contribution < -0.4 is 0 Å². The predicted octanol–water partition coefficient (Wildman–Crippen LogP) is 4.16. The third kappa shape index (κ3) is 12.0. The van der Waals surface area contributed by atoms with E-state index in [-0.39, 0.29) is 16.7 Å². The van der Waals surface area contributed by atoms with Gasteiger partial charge in [0.25, 0.3) is 0 Å². The van der Waals surface area contributed by atoms with Crippen molar-refractivity contribution in [2.75, 3.05) is 17.3 Å². The molecule has 21 heavy (non-hydrogen) atoms. The summed E-state index contributed by atoms with van der Waals surface area (Å²) in [5.74, 6) is 2.60. The Morgan fingerprint density at radius 1 is 1.05 bits per heavy atom. The molecule has 1 nitrogen and oxygen atoms in total. The Balaban J connectivity index is 0.000000690. The predicted molar refractivity (Wildman–Crippen MR) is 83.3 cm³/mol. The van der Waals surface area contributed by atoms with Crippen LogP contribution in [0.5, 0.6) is 0 Å². The summed E-state index contributed by atoms with van der Waals surface area (Å²) < 4.78 is 39.0. The number of carbonyl (C=O) groups excluding carboxylic acids is 1. The molecule has 0 aromatic heterocycles. The quantitative estimate of drug-likeness (QED) is 0.242. The van der Waals surface area contributed by atoms with Crippen LogP contribution >= 0.6 is 0 Å². The van der Waals surface area contributed by atoms with Crippen molar-refractivity contribution in [3.8, 4) is 0 Å². The highest BCUT2D eigenvalue weighted by Gasteiger charge is 2.21. The Morgan fingerprint density at radius 3 is 1.86 bits per heavy atom. The van der Waals surface area contributed by atoms with E-state index in [4.69, 9.17) is 0 Å². The first-order valence-electron chi connectivity index (χ1n) is 6.09. The fraction of sp³-hybridized carbons (Fsp3) is 0.214. The lowest BCUT2D eigenvalue weighted by Gasteiger charge is -2.03. The fourth-order valence-corrected chi connectivity index (χ4v) is 2.99. The van der Waals surface area contributed by atoms with Crippen LogP contribution in [-0.4, -0.2) is 30.3 Å². The molecule has 0 aliphatic rings. The lowest BCUT2D eigenvalue weighted by Crippen LogP contribution is -2.21. The molecule has 7 heteroatoms. The lowest BCUT2D eigenvalue weighted by molar-refractivity contribution is 0.102. The summed E-state index contributed by atoms with van der Waals surface area (Å²) in [4.78, 5) is 11.9. The zero-order chi connectivity index (χ0) is 16.3. The first-order valence-corrected chi connectivity index (χ1v) is 7.82. The van der Waals surface area contributed by atoms with Gasteiger partial charge in [0, 0.05) is 16.5 Å². The van der Waals surface area contributed by atoms with Gasteiger partial charge in [0.2, 0.25) is 5.78 Å². The summed E-state index contributed by atoms with van der Waals surface area (Å²) in [5, 5.41) is 0. The van der Waals surface area contributed by atoms with Crippen LogP contribution in [0.15, 0.2) is 55.6 Å². The average molecular weight is 320 g/mol. The average Bonchev–Trinajstić information content (AvgIpc) is 2.38. The number of halogens is 4. The normalized spacial score (nSPS) is 10.5. The molecule has 1 aromatic carbocycles. The van der Waals surface area contributed by atoms with Crippen molar-refractivity contribution in [3.05, 3.63) is 61.2 Å². The molecule has 0 bridgehead atoms. The monoisotopic (exact) mass is 320 g/mol. The zero-order valence-corrected chi connectivity index (χ0v) is 12.3. The molecule has 0 unspecified atom stereocenters. The number of benzene rings is 1. The molecule has 1 rings (SSSR count). The van der Waals surface area contributed by atoms with Gasteiger partial charge in [-0.25, -0.2) is 0 Å². The van der Waals surface area contributed by atoms with Gasteiger partial charge >= 0.3 is 7.25 Å². The van der Waals surface area contributed by atoms with E-state index in [2.05, 4.69) is 13.2 Å². The van der Waals surface area contributed by atoms with Gasteiger partial charge in [-0.15, -0.1) is 0 Å². The Kier molecular flexibility index (Phi) is 9.53. The smallest absolute Gasteiger partial charge is 0.418 e. The molecule has 116 valence electrons. The van der Waals surface area contributed by atoms with Gasteiger partial charge in [0.05, 0.1) is 0 Å². The number of hydrogen-bond donors (Lipinski definition) is 0. The van der Waals surface area contributed by atoms with Gasteiger partial charge in [-0.1, -0.05) is 43.5 Å². The first-order chi connectivity index (χ1) is 9.77. The molecule has 0 atom stereocenters. The highest BCUT2D eigenvalue weighted by atomic mass is 32.2. The van der Waals surface area contributed by atoms with Crippen molar-refractivity contribution in [2.24, 2.45) is 0 Å². The molecule has 0 heterocycles. The minimum Gasteiger partial charge on any atom is -0.418 e. The second kappa shape index (κ2) is 10.3. The summed E-state index contributed by atoms with van der Waals surface area (Å²) in [6, 6.07) is 9.44. The number of rotatable bonds is 7. The Morgan fingerprint density at radius 2 is 1.48 bits per heavy atom. The number of ketones is 1. The molecule has 1 aromatic rings. The van der Waals surface area contributed by atoms with Gasteiger partial charge in [0.1, 0.15) is 11.5 Å². The van der Waals surface area contributed by atoms with E-state index in [1.165, 1.54) is 0 Å². The Labute approximate surface area is 125 Å². The number of Topliss-reactive ketones (excluding diaryl/α,β-unsaturated/α-hetero) is 1. The molecule has 0 aliphatic heterocycles. The molecule has 0 spiro atoms. The van der Waals surface area contributed by atoms with Gasteiger partial charge in [0.15, 0.2) is 5.75 Å². The maximum atomic E-state index is 11.9. The van der Waals surface area contributed by atoms with Crippen molar-refractivity contribution in [2.45, 2.75) is 0 Å². The van der Waals surface area contributed by atoms with E-state index >= 15 is 0 Å². The van der Waals surface area contributed by atoms with Crippen molar-refractivity contribution in [1.29, 1.82) is 0 Å². The molecule has 0 aliphatic carbocycles. The van der Waals surface area contributed by atoms with E-state index in [1.54, 1.807) is 0 Å². The highest BCUT2D eigenvalue weighted by Crippen LogP contribution is 2.07. The van der Waals surface area contributed by atoms with Crippen LogP contribution in [0.1, 0.15) is 10.4 Å². The highest BCUT2D eigenvalue weighted by molar-refractivity contribution is 7.97. The van der Waals surface area contributed by atoms with Crippen molar-refractivity contribution in [1.82, 2.24) is 0 Å². The molecule has 0 amide bonds. The van der Waals surface area contributed by atoms with Crippen LogP contribution in [-0.2, 0) is 10.9 Å². The molecule has 0 radical (unpaired) electrons. The maximum Gasteiger partial charge on any atom is 0.673 e. The van der Waals surface area contributed by atoms with Crippen LogP contribution in [0.25, 0.3) is 0 Å². The Hall–Kier alpha value is -1.50. The summed E-state index contributed by atoms with van der Waals surface area (Å²) >= 11 is 0. The maximum absolute atomic E-state index is 11.9. The summed E-state index contributed by atoms with van der Waals surface area (Å²) in [5.41, 5.74) is 0.799. The zero-order valence-electron chi connectivity index (χ0n) is 11.5. The van der Waals surface area contributed by atoms with Gasteiger partial charge < -0.3 is 17.3 Å². The SMILES string of the molecule is C=CC[S+](CC=C)CC(=O)c1ccccc1.F[B-](F)(F)F. The summed E-state index contributed by atoms with van der Waals surface area (Å²) in [7, 11) is -5.94. The lowest BCUT2D eigenvalue weighted by atomic mass is 10.2. The molecule has 0 saturated heterocycles. The largest absolute Gasteiger partial charge is 0.673 e. The third-order valence-electron chi connectivity index (χ3n) is 2.14. The van der Waals surface area contributed by atoms with E-state index < -0.39 is 7.25 Å². The van der Waals surface area contributed by atoms with Crippen LogP contribution in [0, 0.1) is 0 Å². The minimum absolute atomic E-state index is 0.0593. The van der Waals surface area contributed by atoms with E-state index in [9.17, 15) is 22.1 Å². The van der Waals surface area contributed by atoms with E-state index in [0.29, 0.717) is 5.75 Å². The van der Waals surface area contributed by atoms with Gasteiger partial charge in [-0.2, -0.15) is 0 Å². The molecule has 0 saturated carbocycles. The number of carbonyl (C=O) groups is 1. The van der Waals surface area contributed by atoms with Crippen LogP contribution in [0.3, 0.4) is 0 Å². The topological polar surface area (TPSA) is 17.1 Å². The van der Waals surface area contributed by atoms with E-state index in [1.807, 2.05) is 42.5 Å². The van der Waals surface area contributed by atoms with Gasteiger partial charge in [-0.3, -0.25) is 4.79 Å². The van der Waals surface area contributed by atoms with Crippen molar-refractivity contribution >= 4 is 23.9 Å². The first kappa shape index (κ1) is 19.5. The summed E-state index contributed by atoms with van der Waals surface area (Å²) in [6.07, 6.45) is 3.76. The Bertz CT molecular complexity index is 432. The minimum atomic E-state index is -6.00. The second-order valence-corrected chi connectivity index (χ2v) is 6.13. The second-order valence-electron chi connectivity index (χ2n) is 3.95. The van der Waals surface area contributed by atoms with Crippen LogP contribution in [0.4, 0.5) is 17.3 Å². The molecular weight excluding hydrogens is 303 g/mol. The van der Waals surface area contributed by atoms with E-state index in [0.717, 1.165) is 17.1 Å². The molecule has 0 fully saturated rings.